The van der Waals surface area contributed by atoms with Crippen molar-refractivity contribution in [3.63, 3.8) is 0 Å². The van der Waals surface area contributed by atoms with E-state index in [9.17, 15) is 4.79 Å². The van der Waals surface area contributed by atoms with Crippen molar-refractivity contribution in [2.75, 3.05) is 31.9 Å². The highest BCUT2D eigenvalue weighted by molar-refractivity contribution is 5.87. The van der Waals surface area contributed by atoms with Crippen LogP contribution >= 0.6 is 0 Å². The van der Waals surface area contributed by atoms with Crippen LogP contribution in [0.25, 0.3) is 10.9 Å². The summed E-state index contributed by atoms with van der Waals surface area (Å²) in [4.78, 5) is 26.5. The van der Waals surface area contributed by atoms with Gasteiger partial charge in [0.15, 0.2) is 0 Å². The van der Waals surface area contributed by atoms with E-state index in [2.05, 4.69) is 21.8 Å². The summed E-state index contributed by atoms with van der Waals surface area (Å²) in [5, 5.41) is 0.887. The molecule has 2 heterocycles. The molecule has 2 aromatic carbocycles. The number of rotatable bonds is 5. The zero-order valence-corrected chi connectivity index (χ0v) is 16.8. The summed E-state index contributed by atoms with van der Waals surface area (Å²) in [6.45, 7) is 5.80. The second-order valence-corrected chi connectivity index (χ2v) is 7.52. The maximum absolute atomic E-state index is 13.1. The fourth-order valence-electron chi connectivity index (χ4n) is 4.01. The van der Waals surface area contributed by atoms with E-state index >= 15 is 0 Å². The van der Waals surface area contributed by atoms with Crippen molar-refractivity contribution < 1.29 is 4.79 Å². The average molecular weight is 390 g/mol. The van der Waals surface area contributed by atoms with Gasteiger partial charge in [-0.1, -0.05) is 49.4 Å². The third kappa shape index (κ3) is 4.22. The summed E-state index contributed by atoms with van der Waals surface area (Å²) < 4.78 is 0. The van der Waals surface area contributed by atoms with Crippen LogP contribution in [0.5, 0.6) is 0 Å². The maximum atomic E-state index is 13.1. The van der Waals surface area contributed by atoms with Gasteiger partial charge < -0.3 is 10.6 Å². The standard InChI is InChI=1S/C23H27N5O/c1-2-18(17-8-4-3-5-9-17)23(29)28-14-12-27(13-15-28)16-21-25-20-11-7-6-10-19(20)22(24)26-21/h3-11,18H,2,12-16H2,1H3,(H2,24,25,26). The smallest absolute Gasteiger partial charge is 0.230 e. The van der Waals surface area contributed by atoms with Crippen molar-refractivity contribution in [3.8, 4) is 0 Å². The van der Waals surface area contributed by atoms with Crippen molar-refractivity contribution in [2.24, 2.45) is 0 Å². The molecule has 6 nitrogen and oxygen atoms in total. The van der Waals surface area contributed by atoms with Gasteiger partial charge in [0.1, 0.15) is 11.6 Å². The molecular weight excluding hydrogens is 362 g/mol. The van der Waals surface area contributed by atoms with Crippen LogP contribution in [-0.4, -0.2) is 51.9 Å². The second-order valence-electron chi connectivity index (χ2n) is 7.52. The fourth-order valence-corrected chi connectivity index (χ4v) is 4.01. The van der Waals surface area contributed by atoms with Gasteiger partial charge in [-0.25, -0.2) is 9.97 Å². The number of fused-ring (bicyclic) bond motifs is 1. The van der Waals surface area contributed by atoms with Crippen molar-refractivity contribution in [1.82, 2.24) is 19.8 Å². The first-order chi connectivity index (χ1) is 14.2. The predicted octanol–water partition coefficient (Wildman–Crippen LogP) is 3.05. The molecule has 1 amide bonds. The molecule has 1 aromatic heterocycles. The summed E-state index contributed by atoms with van der Waals surface area (Å²) in [6.07, 6.45) is 0.813. The zero-order valence-electron chi connectivity index (χ0n) is 16.8. The first-order valence-corrected chi connectivity index (χ1v) is 10.2. The molecule has 1 aliphatic heterocycles. The summed E-state index contributed by atoms with van der Waals surface area (Å²) >= 11 is 0. The molecule has 0 radical (unpaired) electrons. The number of nitrogens with two attached hydrogens (primary N) is 1. The summed E-state index contributed by atoms with van der Waals surface area (Å²) in [7, 11) is 0. The SMILES string of the molecule is CCC(C(=O)N1CCN(Cc2nc(N)c3ccccc3n2)CC1)c1ccccc1. The molecule has 1 saturated heterocycles. The molecule has 4 rings (SSSR count). The van der Waals surface area contributed by atoms with Crippen LogP contribution in [0.3, 0.4) is 0 Å². The summed E-state index contributed by atoms with van der Waals surface area (Å²) in [5.74, 6) is 1.42. The summed E-state index contributed by atoms with van der Waals surface area (Å²) in [6, 6.07) is 17.9. The number of hydrogen-bond acceptors (Lipinski definition) is 5. The molecule has 0 spiro atoms. The Labute approximate surface area is 171 Å². The lowest BCUT2D eigenvalue weighted by Crippen LogP contribution is -2.49. The number of hydrogen-bond donors (Lipinski definition) is 1. The number of nitrogens with zero attached hydrogens (tertiary/aromatic N) is 4. The molecule has 1 fully saturated rings. The van der Waals surface area contributed by atoms with E-state index < -0.39 is 0 Å². The quantitative estimate of drug-likeness (QED) is 0.726. The van der Waals surface area contributed by atoms with Gasteiger partial charge in [-0.3, -0.25) is 9.69 Å². The van der Waals surface area contributed by atoms with Crippen LogP contribution in [0.4, 0.5) is 5.82 Å². The van der Waals surface area contributed by atoms with E-state index in [4.69, 9.17) is 5.73 Å². The summed E-state index contributed by atoms with van der Waals surface area (Å²) in [5.41, 5.74) is 8.08. The van der Waals surface area contributed by atoms with Crippen molar-refractivity contribution in [2.45, 2.75) is 25.8 Å². The molecule has 3 aromatic rings. The highest BCUT2D eigenvalue weighted by Gasteiger charge is 2.27. The number of piperazine rings is 1. The van der Waals surface area contributed by atoms with E-state index in [0.717, 1.165) is 54.9 Å². The van der Waals surface area contributed by atoms with Gasteiger partial charge in [0.05, 0.1) is 18.0 Å². The maximum Gasteiger partial charge on any atom is 0.230 e. The Kier molecular flexibility index (Phi) is 5.71. The lowest BCUT2D eigenvalue weighted by Gasteiger charge is -2.36. The number of anilines is 1. The van der Waals surface area contributed by atoms with Crippen molar-refractivity contribution in [3.05, 3.63) is 66.0 Å². The predicted molar refractivity (Wildman–Crippen MR) is 115 cm³/mol. The van der Waals surface area contributed by atoms with Crippen molar-refractivity contribution in [1.29, 1.82) is 0 Å². The Hall–Kier alpha value is -2.99. The fraction of sp³-hybridized carbons (Fsp3) is 0.348. The first kappa shape index (κ1) is 19.3. The lowest BCUT2D eigenvalue weighted by atomic mass is 9.95. The molecule has 29 heavy (non-hydrogen) atoms. The highest BCUT2D eigenvalue weighted by Crippen LogP contribution is 2.23. The number of aromatic nitrogens is 2. The van der Waals surface area contributed by atoms with Gasteiger partial charge in [-0.2, -0.15) is 0 Å². The Morgan fingerprint density at radius 2 is 1.69 bits per heavy atom. The van der Waals surface area contributed by atoms with Crippen LogP contribution in [0.1, 0.15) is 30.7 Å². The van der Waals surface area contributed by atoms with Crippen LogP contribution < -0.4 is 5.73 Å². The minimum atomic E-state index is -0.0635. The molecule has 1 unspecified atom stereocenters. The number of carbonyl (C=O) groups is 1. The van der Waals surface area contributed by atoms with Crippen LogP contribution in [-0.2, 0) is 11.3 Å². The molecule has 1 aliphatic rings. The molecule has 0 bridgehead atoms. The van der Waals surface area contributed by atoms with E-state index in [1.807, 2.05) is 59.5 Å². The molecule has 0 aliphatic carbocycles. The van der Waals surface area contributed by atoms with Gasteiger partial charge in [0, 0.05) is 31.6 Å². The molecule has 150 valence electrons. The number of nitrogen functional groups attached to an aromatic ring is 1. The zero-order chi connectivity index (χ0) is 20.2. The van der Waals surface area contributed by atoms with E-state index in [-0.39, 0.29) is 11.8 Å². The van der Waals surface area contributed by atoms with Gasteiger partial charge >= 0.3 is 0 Å². The monoisotopic (exact) mass is 389 g/mol. The van der Waals surface area contributed by atoms with E-state index in [0.29, 0.717) is 12.4 Å². The number of amides is 1. The minimum absolute atomic E-state index is 0.0635. The van der Waals surface area contributed by atoms with Crippen LogP contribution in [0, 0.1) is 0 Å². The van der Waals surface area contributed by atoms with Gasteiger partial charge in [-0.05, 0) is 24.1 Å². The minimum Gasteiger partial charge on any atom is -0.383 e. The van der Waals surface area contributed by atoms with Crippen LogP contribution in [0.2, 0.25) is 0 Å². The highest BCUT2D eigenvalue weighted by atomic mass is 16.2. The second kappa shape index (κ2) is 8.57. The molecular formula is C23H27N5O. The third-order valence-electron chi connectivity index (χ3n) is 5.64. The average Bonchev–Trinajstić information content (AvgIpc) is 2.75. The van der Waals surface area contributed by atoms with Crippen molar-refractivity contribution >= 4 is 22.6 Å². The Morgan fingerprint density at radius 1 is 1.00 bits per heavy atom. The van der Waals surface area contributed by atoms with E-state index in [1.54, 1.807) is 0 Å². The number of para-hydroxylation sites is 1. The number of carbonyl (C=O) groups excluding carboxylic acids is 1. The number of benzene rings is 2. The lowest BCUT2D eigenvalue weighted by molar-refractivity contribution is -0.134. The largest absolute Gasteiger partial charge is 0.383 e. The first-order valence-electron chi connectivity index (χ1n) is 10.2. The normalized spacial score (nSPS) is 16.1. The van der Waals surface area contributed by atoms with Gasteiger partial charge in [0.25, 0.3) is 0 Å². The van der Waals surface area contributed by atoms with E-state index in [1.165, 1.54) is 0 Å². The molecule has 0 saturated carbocycles. The van der Waals surface area contributed by atoms with Gasteiger partial charge in [0.2, 0.25) is 5.91 Å². The van der Waals surface area contributed by atoms with Crippen LogP contribution in [0.15, 0.2) is 54.6 Å². The third-order valence-corrected chi connectivity index (χ3v) is 5.64. The Balaban J connectivity index is 1.39. The van der Waals surface area contributed by atoms with Gasteiger partial charge in [-0.15, -0.1) is 0 Å². The molecule has 2 N–H and O–H groups in total. The topological polar surface area (TPSA) is 75.4 Å². The Morgan fingerprint density at radius 3 is 2.41 bits per heavy atom. The Bertz CT molecular complexity index is 983. The molecule has 1 atom stereocenters. The molecule has 6 heteroatoms.